The number of imide groups is 1. The third-order valence-electron chi connectivity index (χ3n) is 1.89. The number of carbonyl (C=O) groups is 2. The summed E-state index contributed by atoms with van der Waals surface area (Å²) in [6, 6.07) is 0. The van der Waals surface area contributed by atoms with E-state index >= 15 is 0 Å². The summed E-state index contributed by atoms with van der Waals surface area (Å²) in [4.78, 5) is 24.0. The van der Waals surface area contributed by atoms with E-state index in [1.807, 2.05) is 13.8 Å². The Labute approximate surface area is 76.5 Å². The quantitative estimate of drug-likeness (QED) is 0.616. The fraction of sp³-hybridized carbons (Fsp3) is 0.750. The first-order valence-electron chi connectivity index (χ1n) is 4.16. The zero-order chi connectivity index (χ0) is 9.14. The van der Waals surface area contributed by atoms with Crippen LogP contribution in [0.25, 0.3) is 0 Å². The van der Waals surface area contributed by atoms with E-state index in [1.165, 1.54) is 4.90 Å². The Morgan fingerprint density at radius 3 is 2.58 bits per heavy atom. The predicted molar refractivity (Wildman–Crippen MR) is 48.9 cm³/mol. The van der Waals surface area contributed by atoms with Gasteiger partial charge in [-0.2, -0.15) is 0 Å². The van der Waals surface area contributed by atoms with Crippen LogP contribution in [0.1, 0.15) is 20.3 Å². The minimum Gasteiger partial charge on any atom is -0.282 e. The summed E-state index contributed by atoms with van der Waals surface area (Å²) in [5, 5.41) is -0.109. The zero-order valence-electron chi connectivity index (χ0n) is 7.37. The lowest BCUT2D eigenvalue weighted by molar-refractivity contribution is -0.137. The van der Waals surface area contributed by atoms with Gasteiger partial charge >= 0.3 is 0 Å². The van der Waals surface area contributed by atoms with Crippen LogP contribution in [-0.4, -0.2) is 34.3 Å². The Morgan fingerprint density at radius 2 is 2.17 bits per heavy atom. The molecule has 0 N–H and O–H groups in total. The first-order chi connectivity index (χ1) is 5.70. The fourth-order valence-corrected chi connectivity index (χ4v) is 2.25. The van der Waals surface area contributed by atoms with Gasteiger partial charge in [-0.25, -0.2) is 0 Å². The van der Waals surface area contributed by atoms with Crippen molar-refractivity contribution in [1.29, 1.82) is 0 Å². The molecule has 1 saturated heterocycles. The first-order valence-corrected chi connectivity index (χ1v) is 5.21. The average molecular weight is 187 g/mol. The highest BCUT2D eigenvalue weighted by molar-refractivity contribution is 8.00. The molecule has 12 heavy (non-hydrogen) atoms. The molecule has 1 aliphatic rings. The Hall–Kier alpha value is -0.510. The van der Waals surface area contributed by atoms with Gasteiger partial charge in [0, 0.05) is 13.0 Å². The van der Waals surface area contributed by atoms with Crippen molar-refractivity contribution in [3.8, 4) is 0 Å². The van der Waals surface area contributed by atoms with E-state index in [0.29, 0.717) is 13.0 Å². The molecule has 68 valence electrons. The predicted octanol–water partition coefficient (Wildman–Crippen LogP) is 0.887. The van der Waals surface area contributed by atoms with Crippen molar-refractivity contribution in [2.75, 3.05) is 12.3 Å². The molecule has 0 spiro atoms. The third kappa shape index (κ3) is 1.63. The third-order valence-corrected chi connectivity index (χ3v) is 2.99. The lowest BCUT2D eigenvalue weighted by atomic mass is 10.4. The minimum atomic E-state index is -0.109. The molecular formula is C8H13NO2S. The molecule has 0 bridgehead atoms. The highest BCUT2D eigenvalue weighted by Crippen LogP contribution is 2.24. The average Bonchev–Trinajstić information content (AvgIpc) is 2.29. The molecule has 1 unspecified atom stereocenters. The summed E-state index contributed by atoms with van der Waals surface area (Å²) >= 11 is 1.56. The molecule has 1 rings (SSSR count). The fourth-order valence-electron chi connectivity index (χ4n) is 1.32. The van der Waals surface area contributed by atoms with Crippen LogP contribution in [0.3, 0.4) is 0 Å². The number of likely N-dealkylation sites (tertiary alicyclic amines) is 1. The maximum Gasteiger partial charge on any atom is 0.242 e. The molecule has 1 fully saturated rings. The van der Waals surface area contributed by atoms with Gasteiger partial charge in [-0.15, -0.1) is 11.8 Å². The van der Waals surface area contributed by atoms with Gasteiger partial charge in [0.1, 0.15) is 0 Å². The lowest BCUT2D eigenvalue weighted by Crippen LogP contribution is -2.30. The Balaban J connectivity index is 2.62. The van der Waals surface area contributed by atoms with Crippen LogP contribution in [0.2, 0.25) is 0 Å². The van der Waals surface area contributed by atoms with Crippen LogP contribution >= 0.6 is 11.8 Å². The molecule has 0 aromatic rings. The van der Waals surface area contributed by atoms with Crippen LogP contribution in [0.15, 0.2) is 0 Å². The number of hydrogen-bond acceptors (Lipinski definition) is 3. The van der Waals surface area contributed by atoms with Crippen LogP contribution < -0.4 is 0 Å². The van der Waals surface area contributed by atoms with Gasteiger partial charge in [-0.3, -0.25) is 14.5 Å². The van der Waals surface area contributed by atoms with Crippen molar-refractivity contribution in [3.05, 3.63) is 0 Å². The normalized spacial score (nSPS) is 23.8. The van der Waals surface area contributed by atoms with Crippen molar-refractivity contribution in [2.45, 2.75) is 25.5 Å². The Kier molecular flexibility index (Phi) is 3.14. The smallest absolute Gasteiger partial charge is 0.242 e. The van der Waals surface area contributed by atoms with Crippen molar-refractivity contribution in [2.24, 2.45) is 0 Å². The maximum absolute atomic E-state index is 11.4. The second-order valence-electron chi connectivity index (χ2n) is 2.62. The Morgan fingerprint density at radius 1 is 1.50 bits per heavy atom. The number of nitrogens with zero attached hydrogens (tertiary/aromatic N) is 1. The van der Waals surface area contributed by atoms with Gasteiger partial charge in [-0.1, -0.05) is 6.92 Å². The number of carbonyl (C=O) groups excluding carboxylic acids is 2. The van der Waals surface area contributed by atoms with Crippen LogP contribution in [-0.2, 0) is 9.59 Å². The summed E-state index contributed by atoms with van der Waals surface area (Å²) in [7, 11) is 0. The molecule has 4 heteroatoms. The molecule has 0 aromatic carbocycles. The number of thioether (sulfide) groups is 1. The second-order valence-corrected chi connectivity index (χ2v) is 4.10. The summed E-state index contributed by atoms with van der Waals surface area (Å²) in [5.74, 6) is 0.865. The van der Waals surface area contributed by atoms with Gasteiger partial charge in [0.25, 0.3) is 0 Å². The lowest BCUT2D eigenvalue weighted by Gasteiger charge is -2.10. The maximum atomic E-state index is 11.4. The van der Waals surface area contributed by atoms with Crippen LogP contribution in [0.4, 0.5) is 0 Å². The summed E-state index contributed by atoms with van der Waals surface area (Å²) in [5.41, 5.74) is 0. The van der Waals surface area contributed by atoms with Gasteiger partial charge in [0.2, 0.25) is 11.8 Å². The summed E-state index contributed by atoms with van der Waals surface area (Å²) in [6.07, 6.45) is 0.394. The van der Waals surface area contributed by atoms with Crippen molar-refractivity contribution < 1.29 is 9.59 Å². The van der Waals surface area contributed by atoms with E-state index in [4.69, 9.17) is 0 Å². The van der Waals surface area contributed by atoms with Crippen LogP contribution in [0, 0.1) is 0 Å². The molecule has 1 aliphatic heterocycles. The van der Waals surface area contributed by atoms with Crippen LogP contribution in [0.5, 0.6) is 0 Å². The summed E-state index contributed by atoms with van der Waals surface area (Å²) in [6.45, 7) is 4.34. The van der Waals surface area contributed by atoms with Crippen molar-refractivity contribution in [3.63, 3.8) is 0 Å². The second kappa shape index (κ2) is 3.94. The molecule has 0 saturated carbocycles. The number of hydrogen-bond donors (Lipinski definition) is 0. The summed E-state index contributed by atoms with van der Waals surface area (Å²) < 4.78 is 0. The van der Waals surface area contributed by atoms with E-state index in [0.717, 1.165) is 5.75 Å². The van der Waals surface area contributed by atoms with E-state index in [-0.39, 0.29) is 17.1 Å². The monoisotopic (exact) mass is 187 g/mol. The van der Waals surface area contributed by atoms with E-state index in [2.05, 4.69) is 0 Å². The van der Waals surface area contributed by atoms with Gasteiger partial charge in [-0.05, 0) is 12.7 Å². The van der Waals surface area contributed by atoms with Crippen molar-refractivity contribution in [1.82, 2.24) is 4.90 Å². The molecule has 3 nitrogen and oxygen atoms in total. The Bertz CT molecular complexity index is 205. The van der Waals surface area contributed by atoms with Gasteiger partial charge in [0.05, 0.1) is 5.25 Å². The first kappa shape index (κ1) is 9.58. The van der Waals surface area contributed by atoms with Gasteiger partial charge < -0.3 is 0 Å². The largest absolute Gasteiger partial charge is 0.282 e. The van der Waals surface area contributed by atoms with E-state index in [1.54, 1.807) is 11.8 Å². The highest BCUT2D eigenvalue weighted by atomic mass is 32.2. The standard InChI is InChI=1S/C8H13NO2S/c1-3-9-7(10)5-6(8(9)11)12-4-2/h6H,3-5H2,1-2H3. The molecule has 2 amide bonds. The molecule has 1 heterocycles. The van der Waals surface area contributed by atoms with E-state index in [9.17, 15) is 9.59 Å². The minimum absolute atomic E-state index is 0.00523. The highest BCUT2D eigenvalue weighted by Gasteiger charge is 2.37. The van der Waals surface area contributed by atoms with E-state index < -0.39 is 0 Å². The number of rotatable bonds is 3. The molecule has 1 atom stereocenters. The van der Waals surface area contributed by atoms with Gasteiger partial charge in [0.15, 0.2) is 0 Å². The molecule has 0 aliphatic carbocycles. The van der Waals surface area contributed by atoms with Crippen molar-refractivity contribution >= 4 is 23.6 Å². The zero-order valence-corrected chi connectivity index (χ0v) is 8.19. The molecule has 0 radical (unpaired) electrons. The topological polar surface area (TPSA) is 37.4 Å². The number of amides is 2. The SMILES string of the molecule is CCSC1CC(=O)N(CC)C1=O. The molecule has 0 aromatic heterocycles. The molecular weight excluding hydrogens is 174 g/mol.